The predicted octanol–water partition coefficient (Wildman–Crippen LogP) is 4.90. The highest BCUT2D eigenvalue weighted by atomic mass is 19.4. The molecule has 1 N–H and O–H groups in total. The molecule has 0 aliphatic carbocycles. The number of carbonyl (C=O) groups is 2. The van der Waals surface area contributed by atoms with Gasteiger partial charge in [0.25, 0.3) is 6.10 Å². The number of hydrogen-bond acceptors (Lipinski definition) is 5. The Labute approximate surface area is 210 Å². The van der Waals surface area contributed by atoms with Crippen molar-refractivity contribution in [1.29, 1.82) is 0 Å². The van der Waals surface area contributed by atoms with Crippen molar-refractivity contribution < 1.29 is 58.9 Å². The lowest BCUT2D eigenvalue weighted by molar-refractivity contribution is -0.308. The van der Waals surface area contributed by atoms with E-state index in [1.165, 1.54) is 11.0 Å². The van der Waals surface area contributed by atoms with Gasteiger partial charge in [-0.15, -0.1) is 0 Å². The Bertz CT molecular complexity index is 991. The van der Waals surface area contributed by atoms with Crippen molar-refractivity contribution in [3.63, 3.8) is 0 Å². The van der Waals surface area contributed by atoms with Gasteiger partial charge in [0.15, 0.2) is 0 Å². The van der Waals surface area contributed by atoms with Crippen LogP contribution in [-0.2, 0) is 22.3 Å². The number of piperidine rings is 1. The van der Waals surface area contributed by atoms with Crippen molar-refractivity contribution in [2.75, 3.05) is 37.6 Å². The van der Waals surface area contributed by atoms with Gasteiger partial charge >= 0.3 is 30.6 Å². The van der Waals surface area contributed by atoms with Crippen LogP contribution < -0.4 is 4.90 Å². The van der Waals surface area contributed by atoms with E-state index in [0.29, 0.717) is 23.3 Å². The van der Waals surface area contributed by atoms with Gasteiger partial charge in [-0.05, 0) is 37.0 Å². The van der Waals surface area contributed by atoms with Crippen molar-refractivity contribution >= 4 is 17.7 Å². The molecule has 16 heteroatoms. The number of piperazine rings is 1. The summed E-state index contributed by atoms with van der Waals surface area (Å²) in [7, 11) is 0. The zero-order valence-electron chi connectivity index (χ0n) is 19.7. The van der Waals surface area contributed by atoms with Crippen molar-refractivity contribution in [2.24, 2.45) is 0 Å². The van der Waals surface area contributed by atoms with Gasteiger partial charge in [-0.1, -0.05) is 6.07 Å². The molecule has 2 aliphatic heterocycles. The highest BCUT2D eigenvalue weighted by Crippen LogP contribution is 2.37. The summed E-state index contributed by atoms with van der Waals surface area (Å²) in [5.41, 5.74) is -0.536. The van der Waals surface area contributed by atoms with Crippen molar-refractivity contribution in [3.8, 4) is 0 Å². The van der Waals surface area contributed by atoms with Crippen LogP contribution in [-0.4, -0.2) is 84.2 Å². The third-order valence-corrected chi connectivity index (χ3v) is 6.35. The van der Waals surface area contributed by atoms with E-state index in [1.807, 2.05) is 0 Å². The molecule has 38 heavy (non-hydrogen) atoms. The highest BCUT2D eigenvalue weighted by Gasteiger charge is 2.60. The topological polar surface area (TPSA) is 73.3 Å². The number of rotatable bonds is 5. The molecule has 0 radical (unpaired) electrons. The Morgan fingerprint density at radius 3 is 2.05 bits per heavy atom. The minimum Gasteiger partial charge on any atom is -0.480 e. The summed E-state index contributed by atoms with van der Waals surface area (Å²) in [6.45, 7) is -0.421. The Balaban J connectivity index is 1.74. The number of alkyl halides is 9. The predicted molar refractivity (Wildman–Crippen MR) is 113 cm³/mol. The first-order valence-corrected chi connectivity index (χ1v) is 11.5. The second kappa shape index (κ2) is 11.1. The Hall–Kier alpha value is -2.91. The van der Waals surface area contributed by atoms with E-state index in [9.17, 15) is 54.2 Å². The van der Waals surface area contributed by atoms with Crippen molar-refractivity contribution in [2.45, 2.75) is 56.5 Å². The quantitative estimate of drug-likeness (QED) is 0.513. The fraction of sp³-hybridized carbons (Fsp3) is 0.636. The maximum Gasteiger partial charge on any atom is 0.434 e. The SMILES string of the molecule is O=C(O)C1CCCCN1c1cc(C(F)(F)F)ccc1CN1CCN(C(=O)OC(C(F)(F)F)C(F)(F)F)CC1. The molecule has 2 fully saturated rings. The molecule has 0 aromatic heterocycles. The van der Waals surface area contributed by atoms with E-state index in [2.05, 4.69) is 4.74 Å². The van der Waals surface area contributed by atoms with Crippen molar-refractivity contribution in [3.05, 3.63) is 29.3 Å². The van der Waals surface area contributed by atoms with E-state index in [-0.39, 0.29) is 51.4 Å². The lowest BCUT2D eigenvalue weighted by atomic mass is 9.98. The Morgan fingerprint density at radius 2 is 1.53 bits per heavy atom. The van der Waals surface area contributed by atoms with Crippen LogP contribution in [0.25, 0.3) is 0 Å². The standard InChI is InChI=1S/C22H24F9N3O4/c23-20(24,25)14-5-4-13(16(11-14)34-6-2-1-3-15(34)17(35)36)12-32-7-9-33(10-8-32)19(37)38-18(21(26,27)28)22(29,30)31/h4-5,11,15,18H,1-3,6-10,12H2,(H,35,36). The van der Waals surface area contributed by atoms with Crippen LogP contribution >= 0.6 is 0 Å². The smallest absolute Gasteiger partial charge is 0.434 e. The minimum absolute atomic E-state index is 0.00687. The first-order valence-electron chi connectivity index (χ1n) is 11.5. The molecule has 0 bridgehead atoms. The maximum absolute atomic E-state index is 13.4. The molecule has 2 saturated heterocycles. The van der Waals surface area contributed by atoms with Gasteiger partial charge in [0.05, 0.1) is 5.56 Å². The molecular formula is C22H24F9N3O4. The number of benzene rings is 1. The monoisotopic (exact) mass is 565 g/mol. The molecule has 0 spiro atoms. The molecule has 1 unspecified atom stereocenters. The summed E-state index contributed by atoms with van der Waals surface area (Å²) < 4.78 is 120. The van der Waals surface area contributed by atoms with Crippen LogP contribution in [0.5, 0.6) is 0 Å². The Morgan fingerprint density at radius 1 is 0.921 bits per heavy atom. The van der Waals surface area contributed by atoms with Gasteiger partial charge in [0.2, 0.25) is 0 Å². The number of nitrogens with zero attached hydrogens (tertiary/aromatic N) is 3. The zero-order chi connectivity index (χ0) is 28.5. The van der Waals surface area contributed by atoms with Gasteiger partial charge in [-0.3, -0.25) is 4.90 Å². The number of carbonyl (C=O) groups excluding carboxylic acids is 1. The summed E-state index contributed by atoms with van der Waals surface area (Å²) in [5.74, 6) is -1.18. The second-order valence-corrected chi connectivity index (χ2v) is 8.99. The lowest BCUT2D eigenvalue weighted by Gasteiger charge is -2.38. The molecule has 7 nitrogen and oxygen atoms in total. The van der Waals surface area contributed by atoms with Crippen LogP contribution in [0.15, 0.2) is 18.2 Å². The third-order valence-electron chi connectivity index (χ3n) is 6.35. The number of amides is 1. The van der Waals surface area contributed by atoms with Crippen LogP contribution in [0.2, 0.25) is 0 Å². The maximum atomic E-state index is 13.4. The summed E-state index contributed by atoms with van der Waals surface area (Å²) in [4.78, 5) is 27.5. The number of aliphatic carboxylic acids is 1. The molecule has 2 heterocycles. The van der Waals surface area contributed by atoms with E-state index in [0.717, 1.165) is 12.1 Å². The summed E-state index contributed by atoms with van der Waals surface area (Å²) in [6.07, 6.45) is -21.1. The number of carboxylic acid groups (broad SMARTS) is 1. The lowest BCUT2D eigenvalue weighted by Crippen LogP contribution is -2.52. The van der Waals surface area contributed by atoms with Gasteiger partial charge in [-0.2, -0.15) is 39.5 Å². The third kappa shape index (κ3) is 7.14. The van der Waals surface area contributed by atoms with Crippen LogP contribution in [0.1, 0.15) is 30.4 Å². The molecule has 0 saturated carbocycles. The fourth-order valence-electron chi connectivity index (χ4n) is 4.44. The largest absolute Gasteiger partial charge is 0.480 e. The molecule has 1 aromatic rings. The number of ether oxygens (including phenoxy) is 1. The molecule has 214 valence electrons. The first-order chi connectivity index (χ1) is 17.5. The molecule has 1 aromatic carbocycles. The van der Waals surface area contributed by atoms with Gasteiger partial charge in [0, 0.05) is 45.0 Å². The fourth-order valence-corrected chi connectivity index (χ4v) is 4.44. The average Bonchev–Trinajstić information content (AvgIpc) is 2.81. The highest BCUT2D eigenvalue weighted by molar-refractivity contribution is 5.79. The second-order valence-electron chi connectivity index (χ2n) is 8.99. The first kappa shape index (κ1) is 29.6. The van der Waals surface area contributed by atoms with Crippen molar-refractivity contribution in [1.82, 2.24) is 9.80 Å². The van der Waals surface area contributed by atoms with Gasteiger partial charge in [-0.25, -0.2) is 9.59 Å². The zero-order valence-corrected chi connectivity index (χ0v) is 19.7. The molecular weight excluding hydrogens is 541 g/mol. The van der Waals surface area contributed by atoms with Gasteiger partial charge in [0.1, 0.15) is 6.04 Å². The minimum atomic E-state index is -5.85. The van der Waals surface area contributed by atoms with Gasteiger partial charge < -0.3 is 19.6 Å². The molecule has 1 atom stereocenters. The van der Waals surface area contributed by atoms with E-state index < -0.39 is 48.3 Å². The summed E-state index contributed by atoms with van der Waals surface area (Å²) >= 11 is 0. The summed E-state index contributed by atoms with van der Waals surface area (Å²) in [6, 6.07) is 1.90. The van der Waals surface area contributed by atoms with Crippen LogP contribution in [0.3, 0.4) is 0 Å². The van der Waals surface area contributed by atoms with E-state index in [4.69, 9.17) is 0 Å². The van der Waals surface area contributed by atoms with Crippen LogP contribution in [0, 0.1) is 0 Å². The molecule has 2 aliphatic rings. The normalized spacial score (nSPS) is 20.1. The molecule has 3 rings (SSSR count). The number of halogens is 9. The number of carboxylic acids is 1. The average molecular weight is 565 g/mol. The number of hydrogen-bond donors (Lipinski definition) is 1. The number of anilines is 1. The van der Waals surface area contributed by atoms with E-state index in [1.54, 1.807) is 4.90 Å². The Kier molecular flexibility index (Phi) is 8.63. The summed E-state index contributed by atoms with van der Waals surface area (Å²) in [5, 5.41) is 9.59. The molecule has 1 amide bonds. The van der Waals surface area contributed by atoms with Crippen LogP contribution in [0.4, 0.5) is 50.0 Å². The van der Waals surface area contributed by atoms with E-state index >= 15 is 0 Å².